The molecule has 3 rings (SSSR count). The van der Waals surface area contributed by atoms with E-state index in [-0.39, 0.29) is 18.1 Å². The molecule has 2 aromatic carbocycles. The molecule has 2 aromatic rings. The van der Waals surface area contributed by atoms with Crippen LogP contribution in [-0.2, 0) is 4.79 Å². The Morgan fingerprint density at radius 3 is 2.76 bits per heavy atom. The van der Waals surface area contributed by atoms with E-state index in [4.69, 9.17) is 27.9 Å². The number of carbonyl (C=O) groups is 1. The summed E-state index contributed by atoms with van der Waals surface area (Å²) in [6.07, 6.45) is 2.60. The minimum atomic E-state index is -0.384. The van der Waals surface area contributed by atoms with Crippen molar-refractivity contribution >= 4 is 41.0 Å². The van der Waals surface area contributed by atoms with Crippen molar-refractivity contribution in [2.24, 2.45) is 5.10 Å². The van der Waals surface area contributed by atoms with E-state index in [0.717, 1.165) is 17.7 Å². The van der Waals surface area contributed by atoms with Crippen LogP contribution in [0.1, 0.15) is 44.2 Å². The zero-order valence-electron chi connectivity index (χ0n) is 17.0. The summed E-state index contributed by atoms with van der Waals surface area (Å²) in [4.78, 5) is 14.2. The van der Waals surface area contributed by atoms with E-state index in [0.29, 0.717) is 21.7 Å². The summed E-state index contributed by atoms with van der Waals surface area (Å²) in [5.41, 5.74) is 5.65. The number of nitrogens with one attached hydrogen (secondary N) is 1. The molecular formula is C22H25Cl2N3O2. The second-order valence-corrected chi connectivity index (χ2v) is 8.74. The van der Waals surface area contributed by atoms with E-state index >= 15 is 0 Å². The fourth-order valence-corrected chi connectivity index (χ4v) is 4.01. The van der Waals surface area contributed by atoms with Crippen molar-refractivity contribution in [2.45, 2.75) is 38.6 Å². The molecule has 1 aliphatic heterocycles. The highest BCUT2D eigenvalue weighted by Crippen LogP contribution is 2.44. The van der Waals surface area contributed by atoms with Gasteiger partial charge in [0.05, 0.1) is 16.3 Å². The van der Waals surface area contributed by atoms with Gasteiger partial charge in [-0.2, -0.15) is 5.10 Å². The molecule has 0 radical (unpaired) electrons. The Bertz CT molecular complexity index is 944. The van der Waals surface area contributed by atoms with Gasteiger partial charge in [-0.05, 0) is 56.0 Å². The van der Waals surface area contributed by atoms with Crippen LogP contribution in [0.3, 0.4) is 0 Å². The van der Waals surface area contributed by atoms with Gasteiger partial charge in [0.25, 0.3) is 5.91 Å². The molecule has 0 saturated heterocycles. The number of para-hydroxylation sites is 1. The molecule has 0 spiro atoms. The number of benzene rings is 2. The lowest BCUT2D eigenvalue weighted by Crippen LogP contribution is -2.45. The van der Waals surface area contributed by atoms with Crippen molar-refractivity contribution < 1.29 is 9.53 Å². The van der Waals surface area contributed by atoms with Crippen molar-refractivity contribution in [1.29, 1.82) is 0 Å². The van der Waals surface area contributed by atoms with E-state index in [1.54, 1.807) is 30.5 Å². The minimum absolute atomic E-state index is 0.0704. The maximum absolute atomic E-state index is 12.0. The number of fused-ring (bicyclic) bond motifs is 1. The van der Waals surface area contributed by atoms with E-state index in [1.165, 1.54) is 5.56 Å². The lowest BCUT2D eigenvalue weighted by molar-refractivity contribution is -0.123. The first-order chi connectivity index (χ1) is 13.7. The third kappa shape index (κ3) is 4.85. The Balaban J connectivity index is 1.66. The Morgan fingerprint density at radius 2 is 2.03 bits per heavy atom. The van der Waals surface area contributed by atoms with Crippen LogP contribution in [0.2, 0.25) is 10.0 Å². The van der Waals surface area contributed by atoms with Gasteiger partial charge >= 0.3 is 0 Å². The molecule has 0 aromatic heterocycles. The molecule has 1 heterocycles. The molecule has 0 bridgehead atoms. The fourth-order valence-electron chi connectivity index (χ4n) is 3.61. The number of rotatable bonds is 5. The van der Waals surface area contributed by atoms with Crippen molar-refractivity contribution in [3.8, 4) is 5.75 Å². The zero-order valence-corrected chi connectivity index (χ0v) is 18.5. The summed E-state index contributed by atoms with van der Waals surface area (Å²) in [6.45, 7) is 6.50. The molecule has 154 valence electrons. The number of halogens is 2. The quantitative estimate of drug-likeness (QED) is 0.517. The van der Waals surface area contributed by atoms with Gasteiger partial charge in [0, 0.05) is 23.8 Å². The summed E-state index contributed by atoms with van der Waals surface area (Å²) in [7, 11) is 2.09. The molecule has 0 aliphatic carbocycles. The van der Waals surface area contributed by atoms with Gasteiger partial charge in [-0.25, -0.2) is 5.43 Å². The molecular weight excluding hydrogens is 409 g/mol. The number of ether oxygens (including phenoxy) is 1. The van der Waals surface area contributed by atoms with Gasteiger partial charge in [-0.1, -0.05) is 42.3 Å². The Kier molecular flexibility index (Phi) is 6.39. The number of carbonyl (C=O) groups excluding carboxylic acids is 1. The van der Waals surface area contributed by atoms with Crippen LogP contribution in [0.15, 0.2) is 41.5 Å². The van der Waals surface area contributed by atoms with Gasteiger partial charge in [-0.3, -0.25) is 4.79 Å². The largest absolute Gasteiger partial charge is 0.482 e. The van der Waals surface area contributed by atoms with E-state index in [1.807, 2.05) is 12.1 Å². The highest BCUT2D eigenvalue weighted by Gasteiger charge is 2.34. The monoisotopic (exact) mass is 433 g/mol. The van der Waals surface area contributed by atoms with Crippen LogP contribution in [0.5, 0.6) is 5.75 Å². The summed E-state index contributed by atoms with van der Waals surface area (Å²) in [6, 6.07) is 11.0. The standard InChI is InChI=1S/C22H25Cl2N3O2/c1-14-11-22(2,3)27(4)19-10-18(24)15(9-16(14)19)12-25-26-21(28)13-29-20-8-6-5-7-17(20)23/h5-10,12,14H,11,13H2,1-4H3,(H,26,28)/b25-12-. The first-order valence-electron chi connectivity index (χ1n) is 9.45. The number of anilines is 1. The van der Waals surface area contributed by atoms with Gasteiger partial charge in [0.1, 0.15) is 5.75 Å². The predicted molar refractivity (Wildman–Crippen MR) is 120 cm³/mol. The van der Waals surface area contributed by atoms with Gasteiger partial charge < -0.3 is 9.64 Å². The van der Waals surface area contributed by atoms with Crippen LogP contribution >= 0.6 is 23.2 Å². The first-order valence-corrected chi connectivity index (χ1v) is 10.2. The molecule has 1 aliphatic rings. The van der Waals surface area contributed by atoms with Crippen LogP contribution in [0, 0.1) is 0 Å². The molecule has 1 unspecified atom stereocenters. The highest BCUT2D eigenvalue weighted by molar-refractivity contribution is 6.33. The summed E-state index contributed by atoms with van der Waals surface area (Å²) in [5, 5.41) is 5.06. The minimum Gasteiger partial charge on any atom is -0.482 e. The molecule has 1 atom stereocenters. The number of amides is 1. The summed E-state index contributed by atoms with van der Waals surface area (Å²) in [5.74, 6) is 0.469. The number of hydrogen-bond donors (Lipinski definition) is 1. The Morgan fingerprint density at radius 1 is 1.31 bits per heavy atom. The number of hydrogen-bond acceptors (Lipinski definition) is 4. The van der Waals surface area contributed by atoms with Crippen molar-refractivity contribution in [3.63, 3.8) is 0 Å². The Hall–Kier alpha value is -2.24. The van der Waals surface area contributed by atoms with Crippen LogP contribution in [0.25, 0.3) is 0 Å². The summed E-state index contributed by atoms with van der Waals surface area (Å²) >= 11 is 12.5. The molecule has 0 saturated carbocycles. The lowest BCUT2D eigenvalue weighted by atomic mass is 9.80. The number of hydrazone groups is 1. The van der Waals surface area contributed by atoms with Crippen molar-refractivity contribution in [1.82, 2.24) is 5.43 Å². The predicted octanol–water partition coefficient (Wildman–Crippen LogP) is 5.24. The van der Waals surface area contributed by atoms with Crippen molar-refractivity contribution in [2.75, 3.05) is 18.6 Å². The van der Waals surface area contributed by atoms with Crippen molar-refractivity contribution in [3.05, 3.63) is 57.6 Å². The topological polar surface area (TPSA) is 53.9 Å². The van der Waals surface area contributed by atoms with Gasteiger partial charge in [-0.15, -0.1) is 0 Å². The van der Waals surface area contributed by atoms with Crippen LogP contribution in [-0.4, -0.2) is 31.3 Å². The van der Waals surface area contributed by atoms with E-state index in [9.17, 15) is 4.79 Å². The van der Waals surface area contributed by atoms with Gasteiger partial charge in [0.15, 0.2) is 6.61 Å². The normalized spacial score (nSPS) is 17.9. The average molecular weight is 434 g/mol. The maximum Gasteiger partial charge on any atom is 0.277 e. The van der Waals surface area contributed by atoms with Gasteiger partial charge in [0.2, 0.25) is 0 Å². The third-order valence-corrected chi connectivity index (χ3v) is 5.98. The second-order valence-electron chi connectivity index (χ2n) is 7.92. The van der Waals surface area contributed by atoms with E-state index in [2.05, 4.69) is 43.2 Å². The smallest absolute Gasteiger partial charge is 0.277 e. The third-order valence-electron chi connectivity index (χ3n) is 5.34. The van der Waals surface area contributed by atoms with Crippen LogP contribution in [0.4, 0.5) is 5.69 Å². The lowest BCUT2D eigenvalue weighted by Gasteiger charge is -2.45. The molecule has 0 fully saturated rings. The highest BCUT2D eigenvalue weighted by atomic mass is 35.5. The zero-order chi connectivity index (χ0) is 21.2. The second kappa shape index (κ2) is 8.64. The Labute approximate surface area is 181 Å². The SMILES string of the molecule is CC1CC(C)(C)N(C)c2cc(Cl)c(/C=N\NC(=O)COc3ccccc3Cl)cc21. The number of nitrogens with zero attached hydrogens (tertiary/aromatic N) is 2. The first kappa shape index (κ1) is 21.5. The molecule has 7 heteroatoms. The van der Waals surface area contributed by atoms with Crippen LogP contribution < -0.4 is 15.1 Å². The molecule has 1 N–H and O–H groups in total. The molecule has 1 amide bonds. The molecule has 29 heavy (non-hydrogen) atoms. The van der Waals surface area contributed by atoms with E-state index < -0.39 is 0 Å². The average Bonchev–Trinajstić information content (AvgIpc) is 2.66. The summed E-state index contributed by atoms with van der Waals surface area (Å²) < 4.78 is 5.40. The maximum atomic E-state index is 12.0. The fraction of sp³-hybridized carbons (Fsp3) is 0.364. The molecule has 5 nitrogen and oxygen atoms in total.